The summed E-state index contributed by atoms with van der Waals surface area (Å²) >= 11 is 1.61. The predicted molar refractivity (Wildman–Crippen MR) is 76.6 cm³/mol. The lowest BCUT2D eigenvalue weighted by Crippen LogP contribution is -2.19. The third-order valence-electron chi connectivity index (χ3n) is 3.13. The van der Waals surface area contributed by atoms with Crippen molar-refractivity contribution in [2.24, 2.45) is 11.8 Å². The van der Waals surface area contributed by atoms with Crippen LogP contribution < -0.4 is 5.73 Å². The van der Waals surface area contributed by atoms with Gasteiger partial charge < -0.3 is 5.73 Å². The first-order chi connectivity index (χ1) is 7.63. The minimum Gasteiger partial charge on any atom is -0.375 e. The Hall–Kier alpha value is -0.320. The maximum absolute atomic E-state index is 5.63. The summed E-state index contributed by atoms with van der Waals surface area (Å²) in [4.78, 5) is 7.92. The topological polar surface area (TPSA) is 42.2 Å². The lowest BCUT2D eigenvalue weighted by atomic mass is 9.97. The molecule has 0 saturated carbocycles. The monoisotopic (exact) mass is 275 g/mol. The van der Waals surface area contributed by atoms with Crippen molar-refractivity contribution in [2.75, 3.05) is 18.8 Å². The Balaban J connectivity index is 0.00000144. The summed E-state index contributed by atoms with van der Waals surface area (Å²) in [5.74, 6) is 1.72. The largest absolute Gasteiger partial charge is 0.375 e. The first-order valence-electron chi connectivity index (χ1n) is 6.06. The summed E-state index contributed by atoms with van der Waals surface area (Å²) in [6, 6.07) is 0. The first-order valence-corrected chi connectivity index (χ1v) is 6.87. The van der Waals surface area contributed by atoms with Crippen LogP contribution in [0.2, 0.25) is 0 Å². The van der Waals surface area contributed by atoms with E-state index in [1.165, 1.54) is 30.8 Å². The molecule has 2 rings (SSSR count). The first kappa shape index (κ1) is 14.7. The van der Waals surface area contributed by atoms with Crippen LogP contribution >= 0.6 is 23.7 Å². The van der Waals surface area contributed by atoms with Gasteiger partial charge >= 0.3 is 0 Å². The Kier molecular flexibility index (Phi) is 5.70. The number of nitrogen functional groups attached to an aromatic ring is 1. The van der Waals surface area contributed by atoms with Crippen LogP contribution in [0.15, 0.2) is 6.20 Å². The van der Waals surface area contributed by atoms with Crippen LogP contribution in [0.25, 0.3) is 0 Å². The highest BCUT2D eigenvalue weighted by Gasteiger charge is 2.23. The minimum absolute atomic E-state index is 0. The van der Waals surface area contributed by atoms with E-state index in [0.717, 1.165) is 18.4 Å². The van der Waals surface area contributed by atoms with Gasteiger partial charge in [0.1, 0.15) is 0 Å². The summed E-state index contributed by atoms with van der Waals surface area (Å²) in [7, 11) is 0. The van der Waals surface area contributed by atoms with Crippen molar-refractivity contribution >= 4 is 28.9 Å². The molecular weight excluding hydrogens is 254 g/mol. The van der Waals surface area contributed by atoms with E-state index >= 15 is 0 Å². The SMILES string of the molecule is CC(C)CC1CCN(Cc2cnc(N)s2)C1.Cl. The summed E-state index contributed by atoms with van der Waals surface area (Å²) in [6.45, 7) is 8.13. The molecule has 0 spiro atoms. The van der Waals surface area contributed by atoms with Crippen molar-refractivity contribution in [3.05, 3.63) is 11.1 Å². The van der Waals surface area contributed by atoms with Crippen LogP contribution in [0.5, 0.6) is 0 Å². The molecule has 0 aromatic carbocycles. The molecule has 2 heterocycles. The van der Waals surface area contributed by atoms with Crippen LogP contribution in [-0.4, -0.2) is 23.0 Å². The molecule has 1 saturated heterocycles. The van der Waals surface area contributed by atoms with Gasteiger partial charge in [0.2, 0.25) is 0 Å². The molecule has 17 heavy (non-hydrogen) atoms. The summed E-state index contributed by atoms with van der Waals surface area (Å²) in [5.41, 5.74) is 5.63. The van der Waals surface area contributed by atoms with Crippen LogP contribution in [0.3, 0.4) is 0 Å². The number of nitrogens with zero attached hydrogens (tertiary/aromatic N) is 2. The van der Waals surface area contributed by atoms with Gasteiger partial charge in [-0.2, -0.15) is 0 Å². The van der Waals surface area contributed by atoms with Crippen LogP contribution in [-0.2, 0) is 6.54 Å². The second kappa shape index (κ2) is 6.57. The summed E-state index contributed by atoms with van der Waals surface area (Å²) in [6.07, 6.45) is 4.63. The molecule has 0 bridgehead atoms. The molecule has 1 aliphatic rings. The maximum atomic E-state index is 5.63. The summed E-state index contributed by atoms with van der Waals surface area (Å²) in [5, 5.41) is 0.688. The number of aromatic nitrogens is 1. The highest BCUT2D eigenvalue weighted by molar-refractivity contribution is 7.15. The fourth-order valence-electron chi connectivity index (χ4n) is 2.53. The van der Waals surface area contributed by atoms with Gasteiger partial charge in [-0.3, -0.25) is 4.90 Å². The number of likely N-dealkylation sites (tertiary alicyclic amines) is 1. The van der Waals surface area contributed by atoms with Gasteiger partial charge in [0.15, 0.2) is 5.13 Å². The fourth-order valence-corrected chi connectivity index (χ4v) is 3.26. The van der Waals surface area contributed by atoms with Crippen molar-refractivity contribution in [3.8, 4) is 0 Å². The average molecular weight is 276 g/mol. The Bertz CT molecular complexity index is 340. The van der Waals surface area contributed by atoms with E-state index in [9.17, 15) is 0 Å². The van der Waals surface area contributed by atoms with Gasteiger partial charge in [-0.15, -0.1) is 23.7 Å². The van der Waals surface area contributed by atoms with E-state index in [-0.39, 0.29) is 12.4 Å². The van der Waals surface area contributed by atoms with Crippen LogP contribution in [0.4, 0.5) is 5.13 Å². The van der Waals surface area contributed by atoms with Crippen molar-refractivity contribution < 1.29 is 0 Å². The van der Waals surface area contributed by atoms with E-state index in [2.05, 4.69) is 23.7 Å². The molecule has 3 nitrogen and oxygen atoms in total. The van der Waals surface area contributed by atoms with Gasteiger partial charge in [0.25, 0.3) is 0 Å². The molecule has 1 aliphatic heterocycles. The third-order valence-corrected chi connectivity index (χ3v) is 3.94. The number of anilines is 1. The van der Waals surface area contributed by atoms with Gasteiger partial charge in [-0.05, 0) is 31.2 Å². The number of thiazole rings is 1. The van der Waals surface area contributed by atoms with E-state index in [0.29, 0.717) is 5.13 Å². The highest BCUT2D eigenvalue weighted by atomic mass is 35.5. The fraction of sp³-hybridized carbons (Fsp3) is 0.750. The molecule has 1 aromatic rings. The van der Waals surface area contributed by atoms with Crippen LogP contribution in [0, 0.1) is 11.8 Å². The van der Waals surface area contributed by atoms with E-state index in [1.54, 1.807) is 11.3 Å². The molecule has 98 valence electrons. The zero-order chi connectivity index (χ0) is 11.5. The van der Waals surface area contributed by atoms with Crippen molar-refractivity contribution in [1.29, 1.82) is 0 Å². The maximum Gasteiger partial charge on any atom is 0.180 e. The molecule has 1 atom stereocenters. The average Bonchev–Trinajstić information content (AvgIpc) is 2.76. The Labute approximate surface area is 114 Å². The van der Waals surface area contributed by atoms with Gasteiger partial charge in [0.05, 0.1) is 0 Å². The molecule has 5 heteroatoms. The summed E-state index contributed by atoms with van der Waals surface area (Å²) < 4.78 is 0. The second-order valence-electron chi connectivity index (χ2n) is 5.18. The van der Waals surface area contributed by atoms with E-state index in [1.807, 2.05) is 6.20 Å². The predicted octanol–water partition coefficient (Wildman–Crippen LogP) is 3.02. The lowest BCUT2D eigenvalue weighted by Gasteiger charge is -2.15. The number of halogens is 1. The Morgan fingerprint density at radius 2 is 2.35 bits per heavy atom. The number of hydrogen-bond donors (Lipinski definition) is 1. The number of rotatable bonds is 4. The Morgan fingerprint density at radius 3 is 2.94 bits per heavy atom. The zero-order valence-corrected chi connectivity index (χ0v) is 12.2. The molecule has 0 amide bonds. The van der Waals surface area contributed by atoms with Crippen LogP contribution in [0.1, 0.15) is 31.6 Å². The molecule has 0 aliphatic carbocycles. The lowest BCUT2D eigenvalue weighted by molar-refractivity contribution is 0.307. The van der Waals surface area contributed by atoms with Crippen molar-refractivity contribution in [3.63, 3.8) is 0 Å². The second-order valence-corrected chi connectivity index (χ2v) is 6.33. The van der Waals surface area contributed by atoms with Crippen molar-refractivity contribution in [2.45, 2.75) is 33.2 Å². The van der Waals surface area contributed by atoms with Gasteiger partial charge in [0, 0.05) is 24.2 Å². The van der Waals surface area contributed by atoms with Gasteiger partial charge in [-0.25, -0.2) is 4.98 Å². The molecule has 1 fully saturated rings. The zero-order valence-electron chi connectivity index (χ0n) is 10.6. The number of hydrogen-bond acceptors (Lipinski definition) is 4. The number of nitrogens with two attached hydrogens (primary N) is 1. The highest BCUT2D eigenvalue weighted by Crippen LogP contribution is 2.26. The minimum atomic E-state index is 0. The third kappa shape index (κ3) is 4.45. The van der Waals surface area contributed by atoms with Crippen molar-refractivity contribution in [1.82, 2.24) is 9.88 Å². The standard InChI is InChI=1S/C12H21N3S.ClH/c1-9(2)5-10-3-4-15(7-10)8-11-6-14-12(13)16-11;/h6,9-10H,3-5,7-8H2,1-2H3,(H2,13,14);1H. The molecular formula is C12H22ClN3S. The molecule has 1 aromatic heterocycles. The van der Waals surface area contributed by atoms with E-state index < -0.39 is 0 Å². The van der Waals surface area contributed by atoms with E-state index in [4.69, 9.17) is 5.73 Å². The Morgan fingerprint density at radius 1 is 1.59 bits per heavy atom. The van der Waals surface area contributed by atoms with Gasteiger partial charge in [-0.1, -0.05) is 13.8 Å². The molecule has 2 N–H and O–H groups in total. The normalized spacial score (nSPS) is 20.8. The quantitative estimate of drug-likeness (QED) is 0.918. The molecule has 0 radical (unpaired) electrons. The smallest absolute Gasteiger partial charge is 0.180 e. The molecule has 1 unspecified atom stereocenters.